The van der Waals surface area contributed by atoms with Gasteiger partial charge >= 0.3 is 0 Å². The molecule has 0 aliphatic carbocycles. The summed E-state index contributed by atoms with van der Waals surface area (Å²) in [5, 5.41) is 2.48. The van der Waals surface area contributed by atoms with E-state index in [1.54, 1.807) is 0 Å². The Morgan fingerprint density at radius 3 is 1.71 bits per heavy atom. The van der Waals surface area contributed by atoms with E-state index in [0.29, 0.717) is 0 Å². The second-order valence-electron chi connectivity index (χ2n) is 10.2. The quantitative estimate of drug-likeness (QED) is 0.128. The molecular weight excluding hydrogens is 448 g/mol. The second-order valence-corrected chi connectivity index (χ2v) is 10.2. The third-order valence-electron chi connectivity index (χ3n) is 7.30. The first kappa shape index (κ1) is 29.4. The lowest BCUT2D eigenvalue weighted by Gasteiger charge is -2.21. The van der Waals surface area contributed by atoms with E-state index in [1.807, 2.05) is 0 Å². The number of benzene rings is 2. The van der Waals surface area contributed by atoms with Crippen LogP contribution in [-0.2, 0) is 0 Å². The maximum absolute atomic E-state index is 4.87. The molecule has 2 aromatic carbocycles. The molecule has 3 rings (SSSR count). The van der Waals surface area contributed by atoms with Gasteiger partial charge < -0.3 is 4.90 Å². The first-order valence-corrected chi connectivity index (χ1v) is 14.3. The number of unbranched alkanes of at least 4 members (excludes halogenated alkanes) is 15. The van der Waals surface area contributed by atoms with Gasteiger partial charge in [0.25, 0.3) is 0 Å². The van der Waals surface area contributed by atoms with Crippen LogP contribution in [0.3, 0.4) is 0 Å². The van der Waals surface area contributed by atoms with Gasteiger partial charge in [-0.2, -0.15) is 0 Å². The molecule has 0 aliphatic rings. The first-order chi connectivity index (χ1) is 16.8. The second kappa shape index (κ2) is 17.6. The Morgan fingerprint density at radius 2 is 1.11 bits per heavy atom. The molecule has 0 amide bonds. The number of rotatable bonds is 18. The van der Waals surface area contributed by atoms with E-state index >= 15 is 0 Å². The molecular formula is C32H49ClN2. The fourth-order valence-electron chi connectivity index (χ4n) is 5.13. The average Bonchev–Trinajstić information content (AvgIpc) is 2.86. The first-order valence-electron chi connectivity index (χ1n) is 14.3. The topological polar surface area (TPSA) is 16.1 Å². The molecule has 2 nitrogen and oxygen atoms in total. The minimum atomic E-state index is 0. The van der Waals surface area contributed by atoms with Crippen LogP contribution in [0.25, 0.3) is 21.8 Å². The molecule has 0 bridgehead atoms. The SMILES string of the molecule is CCCCCCCCCCCCCCCCCCN(C)c1cccc2nc3ccccc3cc12.Cl. The van der Waals surface area contributed by atoms with Crippen molar-refractivity contribution in [2.24, 2.45) is 0 Å². The van der Waals surface area contributed by atoms with Gasteiger partial charge in [0.1, 0.15) is 0 Å². The molecule has 1 heterocycles. The molecule has 0 saturated carbocycles. The Bertz CT molecular complexity index is 955. The summed E-state index contributed by atoms with van der Waals surface area (Å²) in [5.41, 5.74) is 3.47. The molecule has 3 aromatic rings. The largest absolute Gasteiger partial charge is 0.374 e. The Morgan fingerprint density at radius 1 is 0.600 bits per heavy atom. The minimum Gasteiger partial charge on any atom is -0.374 e. The van der Waals surface area contributed by atoms with E-state index in [-0.39, 0.29) is 12.4 Å². The zero-order chi connectivity index (χ0) is 23.8. The summed E-state index contributed by atoms with van der Waals surface area (Å²) in [6.07, 6.45) is 22.7. The highest BCUT2D eigenvalue weighted by Gasteiger charge is 2.08. The van der Waals surface area contributed by atoms with Crippen LogP contribution < -0.4 is 4.90 Å². The number of hydrogen-bond donors (Lipinski definition) is 0. The van der Waals surface area contributed by atoms with Gasteiger partial charge in [0.2, 0.25) is 0 Å². The Labute approximate surface area is 221 Å². The minimum absolute atomic E-state index is 0. The molecule has 0 N–H and O–H groups in total. The molecule has 0 fully saturated rings. The summed E-state index contributed by atoms with van der Waals surface area (Å²) in [7, 11) is 2.23. The summed E-state index contributed by atoms with van der Waals surface area (Å²) < 4.78 is 0. The third kappa shape index (κ3) is 10.4. The van der Waals surface area contributed by atoms with Crippen molar-refractivity contribution in [3.05, 3.63) is 48.5 Å². The lowest BCUT2D eigenvalue weighted by molar-refractivity contribution is 0.529. The molecule has 1 aromatic heterocycles. The smallest absolute Gasteiger partial charge is 0.0730 e. The lowest BCUT2D eigenvalue weighted by atomic mass is 10.0. The number of hydrogen-bond acceptors (Lipinski definition) is 2. The molecule has 3 heteroatoms. The van der Waals surface area contributed by atoms with Crippen molar-refractivity contribution in [2.75, 3.05) is 18.5 Å². The molecule has 0 saturated heterocycles. The highest BCUT2D eigenvalue weighted by Crippen LogP contribution is 2.28. The van der Waals surface area contributed by atoms with Crippen LogP contribution in [0.4, 0.5) is 5.69 Å². The van der Waals surface area contributed by atoms with E-state index in [0.717, 1.165) is 17.6 Å². The predicted molar refractivity (Wildman–Crippen MR) is 159 cm³/mol. The van der Waals surface area contributed by atoms with Crippen molar-refractivity contribution in [2.45, 2.75) is 110 Å². The molecule has 35 heavy (non-hydrogen) atoms. The van der Waals surface area contributed by atoms with Gasteiger partial charge in [0.05, 0.1) is 11.0 Å². The molecule has 0 atom stereocenters. The summed E-state index contributed by atoms with van der Waals surface area (Å²) in [5.74, 6) is 0. The van der Waals surface area contributed by atoms with Gasteiger partial charge in [0.15, 0.2) is 0 Å². The molecule has 0 radical (unpaired) electrons. The van der Waals surface area contributed by atoms with Gasteiger partial charge in [-0.3, -0.25) is 0 Å². The molecule has 0 unspecified atom stereocenters. The summed E-state index contributed by atoms with van der Waals surface area (Å²) >= 11 is 0. The standard InChI is InChI=1S/C32H48N2.ClH/c1-3-4-5-6-7-8-9-10-11-12-13-14-15-16-17-20-26-34(2)32-25-21-24-31-29(32)27-28-22-18-19-23-30(28)33-31;/h18-19,21-25,27H,3-17,20,26H2,1-2H3;1H. The van der Waals surface area contributed by atoms with E-state index in [9.17, 15) is 0 Å². The Hall–Kier alpha value is -1.80. The van der Waals surface area contributed by atoms with Crippen molar-refractivity contribution in [3.8, 4) is 0 Å². The van der Waals surface area contributed by atoms with Crippen LogP contribution in [0.5, 0.6) is 0 Å². The normalized spacial score (nSPS) is 11.1. The van der Waals surface area contributed by atoms with Gasteiger partial charge in [-0.15, -0.1) is 12.4 Å². The fourth-order valence-corrected chi connectivity index (χ4v) is 5.13. The van der Waals surface area contributed by atoms with Gasteiger partial charge in [0, 0.05) is 30.1 Å². The Kier molecular flexibility index (Phi) is 14.8. The number of pyridine rings is 1. The number of anilines is 1. The maximum Gasteiger partial charge on any atom is 0.0730 e. The summed E-state index contributed by atoms with van der Waals surface area (Å²) in [6, 6.07) is 17.2. The number of nitrogens with zero attached hydrogens (tertiary/aromatic N) is 2. The van der Waals surface area contributed by atoms with Crippen LogP contribution >= 0.6 is 12.4 Å². The van der Waals surface area contributed by atoms with Gasteiger partial charge in [-0.05, 0) is 30.7 Å². The van der Waals surface area contributed by atoms with Crippen molar-refractivity contribution >= 4 is 39.9 Å². The number of aromatic nitrogens is 1. The van der Waals surface area contributed by atoms with E-state index in [2.05, 4.69) is 67.4 Å². The number of para-hydroxylation sites is 1. The monoisotopic (exact) mass is 496 g/mol. The zero-order valence-corrected chi connectivity index (χ0v) is 23.3. The van der Waals surface area contributed by atoms with Crippen molar-refractivity contribution in [1.82, 2.24) is 4.98 Å². The number of fused-ring (bicyclic) bond motifs is 2. The van der Waals surface area contributed by atoms with E-state index < -0.39 is 0 Å². The van der Waals surface area contributed by atoms with Crippen molar-refractivity contribution in [1.29, 1.82) is 0 Å². The zero-order valence-electron chi connectivity index (χ0n) is 22.4. The predicted octanol–water partition coefficient (Wildman–Crippen LogP) is 10.5. The molecule has 0 aliphatic heterocycles. The highest BCUT2D eigenvalue weighted by atomic mass is 35.5. The third-order valence-corrected chi connectivity index (χ3v) is 7.30. The fraction of sp³-hybridized carbons (Fsp3) is 0.594. The maximum atomic E-state index is 4.87. The van der Waals surface area contributed by atoms with Crippen LogP contribution in [0.15, 0.2) is 48.5 Å². The van der Waals surface area contributed by atoms with Crippen LogP contribution in [0, 0.1) is 0 Å². The van der Waals surface area contributed by atoms with Crippen LogP contribution in [0.2, 0.25) is 0 Å². The Balaban J connectivity index is 0.00000432. The van der Waals surface area contributed by atoms with E-state index in [1.165, 1.54) is 119 Å². The van der Waals surface area contributed by atoms with Crippen molar-refractivity contribution < 1.29 is 0 Å². The van der Waals surface area contributed by atoms with Crippen LogP contribution in [0.1, 0.15) is 110 Å². The average molecular weight is 497 g/mol. The lowest BCUT2D eigenvalue weighted by Crippen LogP contribution is -2.18. The molecule has 0 spiro atoms. The molecule has 194 valence electrons. The highest BCUT2D eigenvalue weighted by molar-refractivity contribution is 5.99. The van der Waals surface area contributed by atoms with Gasteiger partial charge in [-0.25, -0.2) is 4.98 Å². The summed E-state index contributed by atoms with van der Waals surface area (Å²) in [4.78, 5) is 7.29. The van der Waals surface area contributed by atoms with E-state index in [4.69, 9.17) is 4.98 Å². The summed E-state index contributed by atoms with van der Waals surface area (Å²) in [6.45, 7) is 3.41. The van der Waals surface area contributed by atoms with Crippen molar-refractivity contribution in [3.63, 3.8) is 0 Å². The van der Waals surface area contributed by atoms with Crippen LogP contribution in [-0.4, -0.2) is 18.6 Å². The van der Waals surface area contributed by atoms with Gasteiger partial charge in [-0.1, -0.05) is 128 Å². The number of halogens is 1.